The molecule has 2 aromatic carbocycles. The number of likely N-dealkylation sites (tertiary alicyclic amines) is 1. The summed E-state index contributed by atoms with van der Waals surface area (Å²) in [5.74, 6) is 1.73. The van der Waals surface area contributed by atoms with Crippen LogP contribution in [0.3, 0.4) is 0 Å². The van der Waals surface area contributed by atoms with E-state index in [0.29, 0.717) is 23.1 Å². The fraction of sp³-hybridized carbons (Fsp3) is 0.304. The third-order valence-corrected chi connectivity index (χ3v) is 5.30. The number of hydrogen-bond donors (Lipinski definition) is 1. The third kappa shape index (κ3) is 4.52. The lowest BCUT2D eigenvalue weighted by molar-refractivity contribution is 0.0787. The van der Waals surface area contributed by atoms with Gasteiger partial charge in [-0.25, -0.2) is 4.98 Å². The molecule has 1 N–H and O–H groups in total. The Morgan fingerprint density at radius 3 is 2.72 bits per heavy atom. The summed E-state index contributed by atoms with van der Waals surface area (Å²) in [5, 5.41) is 3.20. The zero-order chi connectivity index (χ0) is 19.5. The highest BCUT2D eigenvalue weighted by Gasteiger charge is 2.28. The van der Waals surface area contributed by atoms with Gasteiger partial charge in [0.25, 0.3) is 5.91 Å². The Bertz CT molecular complexity index is 968. The van der Waals surface area contributed by atoms with Crippen molar-refractivity contribution in [3.8, 4) is 22.8 Å². The quantitative estimate of drug-likeness (QED) is 0.675. The number of nitrogens with one attached hydrogen (secondary N) is 1. The highest BCUT2D eigenvalue weighted by molar-refractivity contribution is 6.00. The van der Waals surface area contributed by atoms with Crippen molar-refractivity contribution in [1.82, 2.24) is 15.2 Å². The van der Waals surface area contributed by atoms with Crippen LogP contribution in [0.1, 0.15) is 22.3 Å². The number of oxazole rings is 1. The molecule has 3 aromatic rings. The average Bonchev–Trinajstić information content (AvgIpc) is 3.38. The smallest absolute Gasteiger partial charge is 0.254 e. The molecule has 2 heterocycles. The highest BCUT2D eigenvalue weighted by Crippen LogP contribution is 2.30. The molecule has 1 aliphatic heterocycles. The normalized spacial score (nSPS) is 15.9. The van der Waals surface area contributed by atoms with E-state index in [4.69, 9.17) is 4.42 Å². The molecule has 0 bridgehead atoms. The monoisotopic (exact) mass is 411 g/mol. The number of carbonyl (C=O) groups excluding carboxylic acids is 1. The van der Waals surface area contributed by atoms with Crippen molar-refractivity contribution >= 4 is 18.3 Å². The Hall–Kier alpha value is -2.63. The topological polar surface area (TPSA) is 58.4 Å². The van der Waals surface area contributed by atoms with Crippen molar-refractivity contribution in [2.24, 2.45) is 5.92 Å². The molecule has 1 unspecified atom stereocenters. The van der Waals surface area contributed by atoms with Crippen LogP contribution in [0.25, 0.3) is 22.8 Å². The molecule has 1 fully saturated rings. The molecule has 1 aromatic heterocycles. The lowest BCUT2D eigenvalue weighted by atomic mass is 10.1. The van der Waals surface area contributed by atoms with Crippen LogP contribution in [0.5, 0.6) is 0 Å². The maximum atomic E-state index is 13.1. The van der Waals surface area contributed by atoms with Crippen molar-refractivity contribution in [3.63, 3.8) is 0 Å². The second kappa shape index (κ2) is 9.25. The van der Waals surface area contributed by atoms with E-state index in [1.165, 1.54) is 5.56 Å². The minimum atomic E-state index is 0. The molecular formula is C23H26ClN3O2. The molecule has 6 heteroatoms. The Morgan fingerprint density at radius 1 is 1.21 bits per heavy atom. The Balaban J connectivity index is 0.00000240. The second-order valence-corrected chi connectivity index (χ2v) is 7.40. The van der Waals surface area contributed by atoms with Crippen LogP contribution in [0, 0.1) is 12.8 Å². The Labute approximate surface area is 177 Å². The second-order valence-electron chi connectivity index (χ2n) is 7.40. The summed E-state index contributed by atoms with van der Waals surface area (Å²) >= 11 is 0. The van der Waals surface area contributed by atoms with Crippen LogP contribution in [0.4, 0.5) is 0 Å². The highest BCUT2D eigenvalue weighted by atomic mass is 35.5. The molecular weight excluding hydrogens is 386 g/mol. The van der Waals surface area contributed by atoms with Crippen molar-refractivity contribution in [3.05, 3.63) is 65.9 Å². The Kier molecular flexibility index (Phi) is 6.72. The molecule has 1 saturated heterocycles. The van der Waals surface area contributed by atoms with E-state index in [1.807, 2.05) is 60.5 Å². The van der Waals surface area contributed by atoms with Gasteiger partial charge in [0, 0.05) is 24.2 Å². The van der Waals surface area contributed by atoms with Gasteiger partial charge in [0.2, 0.25) is 5.89 Å². The molecule has 4 rings (SSSR count). The van der Waals surface area contributed by atoms with Gasteiger partial charge in [0.05, 0.1) is 11.8 Å². The van der Waals surface area contributed by atoms with E-state index in [1.54, 1.807) is 6.20 Å². The van der Waals surface area contributed by atoms with Gasteiger partial charge in [-0.15, -0.1) is 12.4 Å². The van der Waals surface area contributed by atoms with Gasteiger partial charge >= 0.3 is 0 Å². The number of carbonyl (C=O) groups is 1. The van der Waals surface area contributed by atoms with E-state index in [2.05, 4.69) is 17.2 Å². The molecule has 1 atom stereocenters. The SMILES string of the molecule is CNCC1CCN(C(=O)c2ccccc2-c2ncc(-c3ccc(C)cc3)o2)C1.Cl. The van der Waals surface area contributed by atoms with Gasteiger partial charge in [-0.05, 0) is 45.0 Å². The summed E-state index contributed by atoms with van der Waals surface area (Å²) in [7, 11) is 1.95. The van der Waals surface area contributed by atoms with E-state index in [0.717, 1.165) is 37.2 Å². The molecule has 0 saturated carbocycles. The zero-order valence-electron chi connectivity index (χ0n) is 16.7. The van der Waals surface area contributed by atoms with Crippen molar-refractivity contribution < 1.29 is 9.21 Å². The lowest BCUT2D eigenvalue weighted by Crippen LogP contribution is -2.30. The minimum absolute atomic E-state index is 0. The van der Waals surface area contributed by atoms with Gasteiger partial charge in [-0.3, -0.25) is 4.79 Å². The van der Waals surface area contributed by atoms with Crippen molar-refractivity contribution in [1.29, 1.82) is 0 Å². The third-order valence-electron chi connectivity index (χ3n) is 5.30. The van der Waals surface area contributed by atoms with E-state index >= 15 is 0 Å². The van der Waals surface area contributed by atoms with Gasteiger partial charge in [-0.2, -0.15) is 0 Å². The van der Waals surface area contributed by atoms with Gasteiger partial charge in [-0.1, -0.05) is 42.0 Å². The fourth-order valence-electron chi connectivity index (χ4n) is 3.75. The van der Waals surface area contributed by atoms with Crippen LogP contribution in [0.2, 0.25) is 0 Å². The summed E-state index contributed by atoms with van der Waals surface area (Å²) in [4.78, 5) is 19.5. The first-order valence-electron chi connectivity index (χ1n) is 9.72. The maximum Gasteiger partial charge on any atom is 0.254 e. The first-order valence-corrected chi connectivity index (χ1v) is 9.72. The number of aryl methyl sites for hydroxylation is 1. The molecule has 29 heavy (non-hydrogen) atoms. The maximum absolute atomic E-state index is 13.1. The first kappa shape index (κ1) is 21.1. The molecule has 5 nitrogen and oxygen atoms in total. The molecule has 0 spiro atoms. The van der Waals surface area contributed by atoms with Gasteiger partial charge in [0.1, 0.15) is 0 Å². The van der Waals surface area contributed by atoms with Gasteiger partial charge in [0.15, 0.2) is 5.76 Å². The summed E-state index contributed by atoms with van der Waals surface area (Å²) < 4.78 is 6.02. The molecule has 152 valence electrons. The number of hydrogen-bond acceptors (Lipinski definition) is 4. The summed E-state index contributed by atoms with van der Waals surface area (Å²) in [5.41, 5.74) is 3.55. The predicted octanol–water partition coefficient (Wildman–Crippen LogP) is 4.42. The van der Waals surface area contributed by atoms with Crippen molar-refractivity contribution in [2.75, 3.05) is 26.7 Å². The summed E-state index contributed by atoms with van der Waals surface area (Å²) in [6.07, 6.45) is 2.76. The van der Waals surface area contributed by atoms with E-state index in [-0.39, 0.29) is 18.3 Å². The number of aromatic nitrogens is 1. The van der Waals surface area contributed by atoms with E-state index in [9.17, 15) is 4.79 Å². The molecule has 1 aliphatic rings. The largest absolute Gasteiger partial charge is 0.436 e. The summed E-state index contributed by atoms with van der Waals surface area (Å²) in [6, 6.07) is 15.7. The summed E-state index contributed by atoms with van der Waals surface area (Å²) in [6.45, 7) is 4.57. The predicted molar refractivity (Wildman–Crippen MR) is 117 cm³/mol. The van der Waals surface area contributed by atoms with Crippen LogP contribution in [-0.2, 0) is 0 Å². The number of halogens is 1. The molecule has 1 amide bonds. The number of rotatable bonds is 5. The van der Waals surface area contributed by atoms with E-state index < -0.39 is 0 Å². The average molecular weight is 412 g/mol. The van der Waals surface area contributed by atoms with Crippen LogP contribution < -0.4 is 5.32 Å². The van der Waals surface area contributed by atoms with Crippen LogP contribution in [0.15, 0.2) is 59.1 Å². The molecule has 0 aliphatic carbocycles. The molecule has 0 radical (unpaired) electrons. The number of benzene rings is 2. The first-order chi connectivity index (χ1) is 13.7. The standard InChI is InChI=1S/C23H25N3O2.ClH/c1-16-7-9-18(10-8-16)21-14-25-22(28-21)19-5-3-4-6-20(19)23(27)26-12-11-17(15-26)13-24-2;/h3-10,14,17,24H,11-13,15H2,1-2H3;1H. The fourth-order valence-corrected chi connectivity index (χ4v) is 3.75. The minimum Gasteiger partial charge on any atom is -0.436 e. The van der Waals surface area contributed by atoms with Gasteiger partial charge < -0.3 is 14.6 Å². The Morgan fingerprint density at radius 2 is 1.97 bits per heavy atom. The van der Waals surface area contributed by atoms with Crippen LogP contribution in [-0.4, -0.2) is 42.5 Å². The zero-order valence-corrected chi connectivity index (χ0v) is 17.5. The van der Waals surface area contributed by atoms with Crippen molar-refractivity contribution in [2.45, 2.75) is 13.3 Å². The number of nitrogens with zero attached hydrogens (tertiary/aromatic N) is 2. The number of amides is 1. The van der Waals surface area contributed by atoms with Crippen LogP contribution >= 0.6 is 12.4 Å². The lowest BCUT2D eigenvalue weighted by Gasteiger charge is -2.18.